The number of ether oxygens (including phenoxy) is 1. The van der Waals surface area contributed by atoms with Crippen LogP contribution in [0.4, 0.5) is 0 Å². The number of rotatable bonds is 6. The molecule has 126 valence electrons. The molecule has 2 N–H and O–H groups in total. The zero-order chi connectivity index (χ0) is 17.1. The highest BCUT2D eigenvalue weighted by atomic mass is 35.5. The Morgan fingerprint density at radius 3 is 2.48 bits per heavy atom. The molecule has 0 spiro atoms. The number of halogens is 1. The van der Waals surface area contributed by atoms with Crippen molar-refractivity contribution in [3.63, 3.8) is 0 Å². The average molecular weight is 362 g/mol. The lowest BCUT2D eigenvalue weighted by Gasteiger charge is -2.26. The summed E-state index contributed by atoms with van der Waals surface area (Å²) >= 11 is 5.70. The van der Waals surface area contributed by atoms with Gasteiger partial charge >= 0.3 is 5.97 Å². The largest absolute Gasteiger partial charge is 0.481 e. The number of hydrogen-bond donors (Lipinski definition) is 2. The molecular weight excluding hydrogens is 346 g/mol. The Morgan fingerprint density at radius 1 is 1.30 bits per heavy atom. The van der Waals surface area contributed by atoms with E-state index < -0.39 is 33.0 Å². The van der Waals surface area contributed by atoms with Gasteiger partial charge in [0.15, 0.2) is 9.84 Å². The van der Waals surface area contributed by atoms with E-state index >= 15 is 0 Å². The van der Waals surface area contributed by atoms with Gasteiger partial charge in [-0.3, -0.25) is 9.59 Å². The Labute approximate surface area is 138 Å². The molecule has 1 atom stereocenters. The summed E-state index contributed by atoms with van der Waals surface area (Å²) in [5.74, 6) is -2.61. The van der Waals surface area contributed by atoms with Gasteiger partial charge in [0, 0.05) is 11.6 Å². The van der Waals surface area contributed by atoms with Crippen LogP contribution in [0.2, 0.25) is 5.02 Å². The summed E-state index contributed by atoms with van der Waals surface area (Å²) in [6.07, 6.45) is 0.00572. The Hall–Kier alpha value is -1.64. The van der Waals surface area contributed by atoms with Gasteiger partial charge in [0.2, 0.25) is 5.91 Å². The third-order valence-corrected chi connectivity index (χ3v) is 5.38. The lowest BCUT2D eigenvalue weighted by molar-refractivity contribution is -0.139. The molecule has 23 heavy (non-hydrogen) atoms. The minimum atomic E-state index is -3.83. The van der Waals surface area contributed by atoms with E-state index in [0.29, 0.717) is 18.1 Å². The zero-order valence-electron chi connectivity index (χ0n) is 12.1. The lowest BCUT2D eigenvalue weighted by Crippen LogP contribution is -2.52. The van der Waals surface area contributed by atoms with Gasteiger partial charge in [-0.15, -0.1) is 0 Å². The number of sulfone groups is 1. The summed E-state index contributed by atoms with van der Waals surface area (Å²) in [4.78, 5) is 23.0. The van der Waals surface area contributed by atoms with Crippen LogP contribution in [0.5, 0.6) is 0 Å². The molecule has 2 rings (SSSR count). The van der Waals surface area contributed by atoms with Crippen LogP contribution in [0.1, 0.15) is 12.8 Å². The molecule has 1 saturated heterocycles. The first-order valence-electron chi connectivity index (χ1n) is 6.81. The van der Waals surface area contributed by atoms with Crippen molar-refractivity contribution in [2.45, 2.75) is 23.3 Å². The summed E-state index contributed by atoms with van der Waals surface area (Å²) in [6.45, 7) is 0.365. The number of carbonyl (C=O) groups is 2. The van der Waals surface area contributed by atoms with Gasteiger partial charge in [-0.25, -0.2) is 8.42 Å². The first-order chi connectivity index (χ1) is 10.7. The summed E-state index contributed by atoms with van der Waals surface area (Å²) in [6, 6.07) is 5.47. The fraction of sp³-hybridized carbons (Fsp3) is 0.429. The van der Waals surface area contributed by atoms with E-state index in [1.165, 1.54) is 24.3 Å². The molecule has 7 nitrogen and oxygen atoms in total. The van der Waals surface area contributed by atoms with Crippen LogP contribution < -0.4 is 5.32 Å². The number of benzene rings is 1. The molecule has 1 unspecified atom stereocenters. The molecule has 1 aliphatic rings. The number of carbonyl (C=O) groups excluding carboxylic acids is 1. The third kappa shape index (κ3) is 4.66. The SMILES string of the molecule is O=C(O)CC1(NC(=O)CS(=O)(=O)c2ccc(Cl)cc2)CCOC1. The maximum atomic E-state index is 12.2. The third-order valence-electron chi connectivity index (χ3n) is 3.49. The molecule has 1 amide bonds. The maximum absolute atomic E-state index is 12.2. The molecule has 0 aliphatic carbocycles. The molecule has 1 aromatic rings. The highest BCUT2D eigenvalue weighted by Crippen LogP contribution is 2.23. The summed E-state index contributed by atoms with van der Waals surface area (Å²) in [5.41, 5.74) is -1.06. The second-order valence-corrected chi connectivity index (χ2v) is 7.84. The average Bonchev–Trinajstić information content (AvgIpc) is 2.85. The Morgan fingerprint density at radius 2 is 1.96 bits per heavy atom. The van der Waals surface area contributed by atoms with E-state index in [0.717, 1.165) is 0 Å². The van der Waals surface area contributed by atoms with Crippen molar-refractivity contribution in [2.24, 2.45) is 0 Å². The number of aliphatic carboxylic acids is 1. The minimum absolute atomic E-state index is 0.0213. The van der Waals surface area contributed by atoms with Crippen molar-refractivity contribution < 1.29 is 27.9 Å². The normalized spacial score (nSPS) is 21.1. The van der Waals surface area contributed by atoms with E-state index in [1.54, 1.807) is 0 Å². The van der Waals surface area contributed by atoms with E-state index in [-0.39, 0.29) is 17.9 Å². The Bertz CT molecular complexity index is 694. The van der Waals surface area contributed by atoms with E-state index in [1.807, 2.05) is 0 Å². The van der Waals surface area contributed by atoms with Crippen LogP contribution in [0.25, 0.3) is 0 Å². The molecule has 0 bridgehead atoms. The standard InChI is InChI=1S/C14H16ClNO6S/c15-10-1-3-11(4-2-10)23(20,21)8-12(17)16-14(7-13(18)19)5-6-22-9-14/h1-4H,5-9H2,(H,16,17)(H,18,19). The number of carboxylic acids is 1. The van der Waals surface area contributed by atoms with Gasteiger partial charge in [-0.1, -0.05) is 11.6 Å². The second kappa shape index (κ2) is 6.86. The summed E-state index contributed by atoms with van der Waals surface area (Å²) in [7, 11) is -3.83. The molecule has 0 saturated carbocycles. The molecule has 1 aromatic carbocycles. The van der Waals surface area contributed by atoms with Crippen molar-refractivity contribution in [3.05, 3.63) is 29.3 Å². The molecule has 0 aromatic heterocycles. The van der Waals surface area contributed by atoms with E-state index in [2.05, 4.69) is 5.32 Å². The molecule has 1 fully saturated rings. The van der Waals surface area contributed by atoms with Gasteiger partial charge in [-0.05, 0) is 30.7 Å². The van der Waals surface area contributed by atoms with Gasteiger partial charge in [0.1, 0.15) is 5.75 Å². The van der Waals surface area contributed by atoms with Crippen LogP contribution >= 0.6 is 11.6 Å². The van der Waals surface area contributed by atoms with Crippen LogP contribution in [-0.2, 0) is 24.2 Å². The van der Waals surface area contributed by atoms with E-state index in [9.17, 15) is 18.0 Å². The molecular formula is C14H16ClNO6S. The predicted molar refractivity (Wildman–Crippen MR) is 82.1 cm³/mol. The summed E-state index contributed by atoms with van der Waals surface area (Å²) in [5, 5.41) is 11.8. The first kappa shape index (κ1) is 17.7. The van der Waals surface area contributed by atoms with Crippen LogP contribution in [0.15, 0.2) is 29.2 Å². The topological polar surface area (TPSA) is 110 Å². The fourth-order valence-electron chi connectivity index (χ4n) is 2.41. The predicted octanol–water partition coefficient (Wildman–Crippen LogP) is 0.864. The molecule has 9 heteroatoms. The maximum Gasteiger partial charge on any atom is 0.305 e. The minimum Gasteiger partial charge on any atom is -0.481 e. The van der Waals surface area contributed by atoms with Gasteiger partial charge in [0.05, 0.1) is 23.5 Å². The molecule has 1 aliphatic heterocycles. The van der Waals surface area contributed by atoms with Crippen molar-refractivity contribution in [1.29, 1.82) is 0 Å². The van der Waals surface area contributed by atoms with Crippen molar-refractivity contribution in [3.8, 4) is 0 Å². The number of nitrogens with one attached hydrogen (secondary N) is 1. The Kier molecular flexibility index (Phi) is 5.28. The van der Waals surface area contributed by atoms with Crippen molar-refractivity contribution >= 4 is 33.3 Å². The molecule has 0 radical (unpaired) electrons. The van der Waals surface area contributed by atoms with Gasteiger partial charge < -0.3 is 15.2 Å². The zero-order valence-corrected chi connectivity index (χ0v) is 13.7. The number of amides is 1. The monoisotopic (exact) mass is 361 g/mol. The Balaban J connectivity index is 2.08. The number of hydrogen-bond acceptors (Lipinski definition) is 5. The quantitative estimate of drug-likeness (QED) is 0.777. The second-order valence-electron chi connectivity index (χ2n) is 5.41. The summed E-state index contributed by atoms with van der Waals surface area (Å²) < 4.78 is 29.6. The van der Waals surface area contributed by atoms with Gasteiger partial charge in [0.25, 0.3) is 0 Å². The first-order valence-corrected chi connectivity index (χ1v) is 8.84. The van der Waals surface area contributed by atoms with Gasteiger partial charge in [-0.2, -0.15) is 0 Å². The van der Waals surface area contributed by atoms with Crippen LogP contribution in [-0.4, -0.2) is 49.9 Å². The number of carboxylic acid groups (broad SMARTS) is 1. The lowest BCUT2D eigenvalue weighted by atomic mass is 9.94. The smallest absolute Gasteiger partial charge is 0.305 e. The highest BCUT2D eigenvalue weighted by molar-refractivity contribution is 7.92. The van der Waals surface area contributed by atoms with Crippen LogP contribution in [0.3, 0.4) is 0 Å². The van der Waals surface area contributed by atoms with Crippen molar-refractivity contribution in [1.82, 2.24) is 5.32 Å². The highest BCUT2D eigenvalue weighted by Gasteiger charge is 2.39. The fourth-order valence-corrected chi connectivity index (χ4v) is 3.67. The van der Waals surface area contributed by atoms with E-state index in [4.69, 9.17) is 21.4 Å². The van der Waals surface area contributed by atoms with Crippen LogP contribution in [0, 0.1) is 0 Å². The molecule has 1 heterocycles. The van der Waals surface area contributed by atoms with Crippen molar-refractivity contribution in [2.75, 3.05) is 19.0 Å².